The van der Waals surface area contributed by atoms with E-state index < -0.39 is 5.97 Å². The first-order valence-electron chi connectivity index (χ1n) is 5.70. The lowest BCUT2D eigenvalue weighted by Gasteiger charge is -2.07. The van der Waals surface area contributed by atoms with Crippen LogP contribution in [0.1, 0.15) is 25.9 Å². The number of carboxylic acid groups (broad SMARTS) is 1. The van der Waals surface area contributed by atoms with Gasteiger partial charge in [-0.3, -0.25) is 4.79 Å². The summed E-state index contributed by atoms with van der Waals surface area (Å²) in [5, 5.41) is 13.4. The van der Waals surface area contributed by atoms with Crippen molar-refractivity contribution in [2.75, 3.05) is 7.11 Å². The number of carbonyl (C=O) groups is 2. The van der Waals surface area contributed by atoms with Crippen molar-refractivity contribution in [3.63, 3.8) is 0 Å². The lowest BCUT2D eigenvalue weighted by atomic mass is 10.2. The molecular formula is C13H12N2O4S. The fourth-order valence-electron chi connectivity index (χ4n) is 1.57. The first-order valence-corrected chi connectivity index (χ1v) is 6.58. The van der Waals surface area contributed by atoms with E-state index in [9.17, 15) is 9.59 Å². The monoisotopic (exact) mass is 292 g/mol. The fraction of sp³-hybridized carbons (Fsp3) is 0.154. The lowest BCUT2D eigenvalue weighted by Crippen LogP contribution is -2.23. The zero-order valence-electron chi connectivity index (χ0n) is 10.6. The summed E-state index contributed by atoms with van der Waals surface area (Å²) in [6.07, 6.45) is 0. The first-order chi connectivity index (χ1) is 9.61. The molecule has 0 saturated carbocycles. The molecule has 0 radical (unpaired) electrons. The summed E-state index contributed by atoms with van der Waals surface area (Å²) in [7, 11) is 1.49. The Balaban J connectivity index is 2.03. The number of hydrogen-bond acceptors (Lipinski definition) is 5. The highest BCUT2D eigenvalue weighted by Gasteiger charge is 2.13. The number of thiazole rings is 1. The van der Waals surface area contributed by atoms with Gasteiger partial charge in [0.15, 0.2) is 5.69 Å². The second-order valence-electron chi connectivity index (χ2n) is 3.81. The van der Waals surface area contributed by atoms with Gasteiger partial charge in [0.05, 0.1) is 19.2 Å². The number of benzene rings is 1. The molecule has 104 valence electrons. The Labute approximate surface area is 119 Å². The third-order valence-electron chi connectivity index (χ3n) is 2.52. The summed E-state index contributed by atoms with van der Waals surface area (Å²) in [6.45, 7) is 0.175. The normalized spacial score (nSPS) is 10.1. The molecule has 1 aromatic heterocycles. The summed E-state index contributed by atoms with van der Waals surface area (Å²) in [6, 6.07) is 6.86. The van der Waals surface area contributed by atoms with Crippen molar-refractivity contribution >= 4 is 23.2 Å². The molecule has 0 saturated heterocycles. The van der Waals surface area contributed by atoms with Crippen molar-refractivity contribution in [3.05, 3.63) is 45.9 Å². The van der Waals surface area contributed by atoms with Crippen LogP contribution in [-0.2, 0) is 6.54 Å². The van der Waals surface area contributed by atoms with Gasteiger partial charge >= 0.3 is 5.97 Å². The van der Waals surface area contributed by atoms with Crippen LogP contribution in [0.25, 0.3) is 0 Å². The van der Waals surface area contributed by atoms with E-state index in [1.165, 1.54) is 23.8 Å². The average molecular weight is 292 g/mol. The highest BCUT2D eigenvalue weighted by atomic mass is 32.1. The zero-order valence-corrected chi connectivity index (χ0v) is 11.4. The second kappa shape index (κ2) is 6.16. The lowest BCUT2D eigenvalue weighted by molar-refractivity contribution is 0.0691. The number of hydrogen-bond donors (Lipinski definition) is 2. The number of amides is 1. The highest BCUT2D eigenvalue weighted by Crippen LogP contribution is 2.17. The standard InChI is InChI=1S/C13H12N2O4S/c1-19-10-5-3-2-4-8(10)12(16)14-6-11-15-9(7-20-11)13(17)18/h2-5,7H,6H2,1H3,(H,14,16)(H,17,18). The molecule has 0 aliphatic rings. The third kappa shape index (κ3) is 3.12. The van der Waals surface area contributed by atoms with Crippen LogP contribution in [0.5, 0.6) is 5.75 Å². The Bertz CT molecular complexity index is 639. The summed E-state index contributed by atoms with van der Waals surface area (Å²) in [4.78, 5) is 26.6. The van der Waals surface area contributed by atoms with Crippen molar-refractivity contribution in [2.24, 2.45) is 0 Å². The van der Waals surface area contributed by atoms with Crippen LogP contribution in [0.3, 0.4) is 0 Å². The number of carboxylic acids is 1. The maximum Gasteiger partial charge on any atom is 0.355 e. The molecule has 0 bridgehead atoms. The van der Waals surface area contributed by atoms with Gasteiger partial charge in [0.1, 0.15) is 10.8 Å². The maximum absolute atomic E-state index is 12.0. The minimum absolute atomic E-state index is 0.0171. The van der Waals surface area contributed by atoms with Crippen LogP contribution in [-0.4, -0.2) is 29.1 Å². The number of para-hydroxylation sites is 1. The first kappa shape index (κ1) is 14.0. The van der Waals surface area contributed by atoms with E-state index >= 15 is 0 Å². The van der Waals surface area contributed by atoms with E-state index in [4.69, 9.17) is 9.84 Å². The van der Waals surface area contributed by atoms with Gasteiger partial charge in [-0.15, -0.1) is 11.3 Å². The third-order valence-corrected chi connectivity index (χ3v) is 3.37. The fourth-order valence-corrected chi connectivity index (χ4v) is 2.28. The quantitative estimate of drug-likeness (QED) is 0.877. The SMILES string of the molecule is COc1ccccc1C(=O)NCc1nc(C(=O)O)cs1. The molecule has 0 spiro atoms. The van der Waals surface area contributed by atoms with E-state index in [2.05, 4.69) is 10.3 Å². The van der Waals surface area contributed by atoms with Crippen LogP contribution < -0.4 is 10.1 Å². The summed E-state index contributed by atoms with van der Waals surface area (Å²) < 4.78 is 5.10. The molecule has 6 nitrogen and oxygen atoms in total. The van der Waals surface area contributed by atoms with Crippen molar-refractivity contribution in [1.29, 1.82) is 0 Å². The number of carbonyl (C=O) groups excluding carboxylic acids is 1. The number of nitrogens with zero attached hydrogens (tertiary/aromatic N) is 1. The van der Waals surface area contributed by atoms with E-state index in [0.717, 1.165) is 0 Å². The van der Waals surface area contributed by atoms with Crippen LogP contribution in [0.2, 0.25) is 0 Å². The number of rotatable bonds is 5. The Hall–Kier alpha value is -2.41. The molecule has 2 rings (SSSR count). The van der Waals surface area contributed by atoms with Gasteiger partial charge in [0, 0.05) is 5.38 Å². The topological polar surface area (TPSA) is 88.5 Å². The van der Waals surface area contributed by atoms with Gasteiger partial charge in [-0.2, -0.15) is 0 Å². The molecule has 2 N–H and O–H groups in total. The predicted molar refractivity (Wildman–Crippen MR) is 73.2 cm³/mol. The number of methoxy groups -OCH3 is 1. The minimum atomic E-state index is -1.08. The Morgan fingerprint density at radius 1 is 1.40 bits per heavy atom. The van der Waals surface area contributed by atoms with Gasteiger partial charge in [-0.1, -0.05) is 12.1 Å². The molecule has 1 aromatic carbocycles. The van der Waals surface area contributed by atoms with E-state index in [0.29, 0.717) is 16.3 Å². The average Bonchev–Trinajstić information content (AvgIpc) is 2.94. The number of aromatic carboxylic acids is 1. The Morgan fingerprint density at radius 3 is 2.80 bits per heavy atom. The Kier molecular flexibility index (Phi) is 4.31. The van der Waals surface area contributed by atoms with Gasteiger partial charge < -0.3 is 15.2 Å². The van der Waals surface area contributed by atoms with E-state index in [1.807, 2.05) is 0 Å². The van der Waals surface area contributed by atoms with Crippen LogP contribution >= 0.6 is 11.3 Å². The molecule has 20 heavy (non-hydrogen) atoms. The minimum Gasteiger partial charge on any atom is -0.496 e. The van der Waals surface area contributed by atoms with Gasteiger partial charge in [-0.05, 0) is 12.1 Å². The molecule has 1 amide bonds. The van der Waals surface area contributed by atoms with E-state index in [-0.39, 0.29) is 18.1 Å². The number of nitrogens with one attached hydrogen (secondary N) is 1. The molecule has 0 aliphatic heterocycles. The molecule has 7 heteroatoms. The van der Waals surface area contributed by atoms with E-state index in [1.54, 1.807) is 24.3 Å². The summed E-state index contributed by atoms with van der Waals surface area (Å²) in [5.41, 5.74) is 0.404. The zero-order chi connectivity index (χ0) is 14.5. The molecule has 1 heterocycles. The summed E-state index contributed by atoms with van der Waals surface area (Å²) >= 11 is 1.19. The molecule has 0 aliphatic carbocycles. The smallest absolute Gasteiger partial charge is 0.355 e. The summed E-state index contributed by atoms with van der Waals surface area (Å²) in [5.74, 6) is -0.895. The van der Waals surface area contributed by atoms with Crippen LogP contribution in [0, 0.1) is 0 Å². The second-order valence-corrected chi connectivity index (χ2v) is 4.76. The van der Waals surface area contributed by atoms with Gasteiger partial charge in [0.2, 0.25) is 0 Å². The number of aromatic nitrogens is 1. The van der Waals surface area contributed by atoms with Crippen LogP contribution in [0.15, 0.2) is 29.6 Å². The number of ether oxygens (including phenoxy) is 1. The largest absolute Gasteiger partial charge is 0.496 e. The predicted octanol–water partition coefficient (Wildman–Crippen LogP) is 1.78. The highest BCUT2D eigenvalue weighted by molar-refractivity contribution is 7.09. The van der Waals surface area contributed by atoms with Crippen LogP contribution in [0.4, 0.5) is 0 Å². The Morgan fingerprint density at radius 2 is 2.15 bits per heavy atom. The van der Waals surface area contributed by atoms with Gasteiger partial charge in [0.25, 0.3) is 5.91 Å². The molecule has 0 unspecified atom stereocenters. The molecular weight excluding hydrogens is 280 g/mol. The molecule has 0 fully saturated rings. The van der Waals surface area contributed by atoms with Crippen molar-refractivity contribution in [2.45, 2.75) is 6.54 Å². The van der Waals surface area contributed by atoms with Gasteiger partial charge in [-0.25, -0.2) is 9.78 Å². The van der Waals surface area contributed by atoms with Crippen molar-refractivity contribution in [1.82, 2.24) is 10.3 Å². The maximum atomic E-state index is 12.0. The molecule has 2 aromatic rings. The molecule has 0 atom stereocenters. The van der Waals surface area contributed by atoms with Crippen molar-refractivity contribution < 1.29 is 19.4 Å². The van der Waals surface area contributed by atoms with Crippen molar-refractivity contribution in [3.8, 4) is 5.75 Å².